The van der Waals surface area contributed by atoms with Crippen molar-refractivity contribution in [3.05, 3.63) is 0 Å². The molecule has 8 heteroatoms. The molecule has 0 saturated heterocycles. The fraction of sp³-hybridized carbons (Fsp3) is 0.833. The lowest BCUT2D eigenvalue weighted by Crippen LogP contribution is -2.31. The average molecular weight is 242 g/mol. The molecule has 0 radical (unpaired) electrons. The van der Waals surface area contributed by atoms with E-state index in [2.05, 4.69) is 4.31 Å². The van der Waals surface area contributed by atoms with Crippen molar-refractivity contribution in [2.45, 2.75) is 26.4 Å². The zero-order valence-electron chi connectivity index (χ0n) is 8.00. The molecule has 3 atom stereocenters. The Bertz CT molecular complexity index is 268. The quantitative estimate of drug-likeness (QED) is 0.730. The highest BCUT2D eigenvalue weighted by atomic mass is 31.2. The first-order chi connectivity index (χ1) is 6.16. The number of hydrogen-bond donors (Lipinski definition) is 2. The third-order valence-corrected chi connectivity index (χ3v) is 4.04. The van der Waals surface area contributed by atoms with Crippen molar-refractivity contribution < 1.29 is 28.2 Å². The molecular formula is C6H12O6P2+2. The Balaban J connectivity index is 4.77. The first-order valence-electron chi connectivity index (χ1n) is 3.69. The Hall–Kier alpha value is -0.410. The van der Waals surface area contributed by atoms with Gasteiger partial charge in [0.2, 0.25) is 0 Å². The summed E-state index contributed by atoms with van der Waals surface area (Å²) in [6.07, 6.45) is 0. The van der Waals surface area contributed by atoms with Crippen LogP contribution in [0, 0.1) is 5.41 Å². The Morgan fingerprint density at radius 2 is 1.79 bits per heavy atom. The van der Waals surface area contributed by atoms with E-state index in [0.29, 0.717) is 0 Å². The fourth-order valence-corrected chi connectivity index (χ4v) is 2.63. The lowest BCUT2D eigenvalue weighted by molar-refractivity contribution is -0.138. The van der Waals surface area contributed by atoms with E-state index in [0.717, 1.165) is 0 Å². The van der Waals surface area contributed by atoms with Crippen LogP contribution >= 0.6 is 16.3 Å². The predicted molar refractivity (Wildman–Crippen MR) is 49.4 cm³/mol. The minimum Gasteiger partial charge on any atom is -0.478 e. The lowest BCUT2D eigenvalue weighted by Gasteiger charge is -2.15. The standard InChI is InChI=1S/C6H10O6P2/c1-6(2,3)4(5(7)8)13(9)12-14(10)11/h4H,1-3H3/p+2. The predicted octanol–water partition coefficient (Wildman–Crippen LogP) is 1.89. The second-order valence-corrected chi connectivity index (χ2v) is 5.93. The van der Waals surface area contributed by atoms with Crippen molar-refractivity contribution in [3.63, 3.8) is 0 Å². The van der Waals surface area contributed by atoms with E-state index in [9.17, 15) is 13.9 Å². The highest BCUT2D eigenvalue weighted by Gasteiger charge is 2.54. The van der Waals surface area contributed by atoms with Crippen LogP contribution in [0.2, 0.25) is 0 Å². The maximum Gasteiger partial charge on any atom is 0.742 e. The second kappa shape index (κ2) is 4.89. The van der Waals surface area contributed by atoms with Crippen LogP contribution in [0.25, 0.3) is 0 Å². The van der Waals surface area contributed by atoms with Gasteiger partial charge in [-0.1, -0.05) is 20.8 Å². The highest BCUT2D eigenvalue weighted by molar-refractivity contribution is 7.51. The maximum absolute atomic E-state index is 11.2. The van der Waals surface area contributed by atoms with Gasteiger partial charge in [-0.3, -0.25) is 0 Å². The van der Waals surface area contributed by atoms with Crippen molar-refractivity contribution in [3.8, 4) is 0 Å². The van der Waals surface area contributed by atoms with Gasteiger partial charge in [0.1, 0.15) is 4.31 Å². The van der Waals surface area contributed by atoms with Crippen LogP contribution in [-0.2, 0) is 18.2 Å². The summed E-state index contributed by atoms with van der Waals surface area (Å²) in [4.78, 5) is 19.1. The van der Waals surface area contributed by atoms with Gasteiger partial charge < -0.3 is 5.11 Å². The van der Waals surface area contributed by atoms with Crippen molar-refractivity contribution >= 4 is 22.3 Å². The topological polar surface area (TPSA) is 101 Å². The first kappa shape index (κ1) is 13.6. The second-order valence-electron chi connectivity index (χ2n) is 3.71. The van der Waals surface area contributed by atoms with E-state index < -0.39 is 33.3 Å². The van der Waals surface area contributed by atoms with Crippen LogP contribution in [0.4, 0.5) is 0 Å². The summed E-state index contributed by atoms with van der Waals surface area (Å²) in [6, 6.07) is 0. The number of carbonyl (C=O) groups is 1. The van der Waals surface area contributed by atoms with Gasteiger partial charge in [-0.2, -0.15) is 0 Å². The minimum atomic E-state index is -3.04. The number of hydrogen-bond acceptors (Lipinski definition) is 4. The van der Waals surface area contributed by atoms with Gasteiger partial charge in [-0.25, -0.2) is 4.79 Å². The van der Waals surface area contributed by atoms with Gasteiger partial charge >= 0.3 is 22.3 Å². The Kier molecular flexibility index (Phi) is 4.75. The summed E-state index contributed by atoms with van der Waals surface area (Å²) in [6.45, 7) is 4.69. The van der Waals surface area contributed by atoms with Gasteiger partial charge in [0.05, 0.1) is 0 Å². The molecule has 0 spiro atoms. The molecule has 0 aliphatic rings. The molecule has 0 fully saturated rings. The number of aliphatic carboxylic acids is 1. The van der Waals surface area contributed by atoms with Crippen molar-refractivity contribution in [1.82, 2.24) is 0 Å². The van der Waals surface area contributed by atoms with Crippen LogP contribution in [0.15, 0.2) is 0 Å². The van der Waals surface area contributed by atoms with E-state index in [1.807, 2.05) is 0 Å². The van der Waals surface area contributed by atoms with Crippen LogP contribution in [0.3, 0.4) is 0 Å². The molecule has 14 heavy (non-hydrogen) atoms. The highest BCUT2D eigenvalue weighted by Crippen LogP contribution is 2.46. The molecule has 0 aromatic heterocycles. The average Bonchev–Trinajstić information content (AvgIpc) is 1.78. The van der Waals surface area contributed by atoms with Crippen molar-refractivity contribution in [2.24, 2.45) is 5.41 Å². The molecule has 0 bridgehead atoms. The number of carboxylic acids is 1. The van der Waals surface area contributed by atoms with Crippen LogP contribution < -0.4 is 0 Å². The summed E-state index contributed by atoms with van der Waals surface area (Å²) in [5, 5.41) is 8.75. The largest absolute Gasteiger partial charge is 0.742 e. The molecule has 0 aromatic rings. The molecule has 0 aliphatic heterocycles. The van der Waals surface area contributed by atoms with Gasteiger partial charge in [0.15, 0.2) is 0 Å². The third-order valence-electron chi connectivity index (χ3n) is 1.42. The Morgan fingerprint density at radius 3 is 2.00 bits per heavy atom. The van der Waals surface area contributed by atoms with Crippen molar-refractivity contribution in [1.29, 1.82) is 0 Å². The van der Waals surface area contributed by atoms with Crippen molar-refractivity contribution in [2.75, 3.05) is 0 Å². The van der Waals surface area contributed by atoms with Gasteiger partial charge in [-0.15, -0.1) is 4.89 Å². The molecule has 0 amide bonds. The van der Waals surface area contributed by atoms with E-state index in [-0.39, 0.29) is 0 Å². The number of carboxylic acid groups (broad SMARTS) is 1. The molecule has 0 saturated carbocycles. The number of rotatable bonds is 4. The van der Waals surface area contributed by atoms with Crippen LogP contribution in [0.5, 0.6) is 0 Å². The van der Waals surface area contributed by atoms with Gasteiger partial charge in [0.25, 0.3) is 5.66 Å². The molecule has 80 valence electrons. The molecule has 0 heterocycles. The van der Waals surface area contributed by atoms with E-state index in [1.54, 1.807) is 20.8 Å². The van der Waals surface area contributed by atoms with Gasteiger partial charge in [-0.05, 0) is 4.57 Å². The monoisotopic (exact) mass is 242 g/mol. The molecule has 0 aliphatic carbocycles. The molecule has 0 aromatic carbocycles. The van der Waals surface area contributed by atoms with E-state index >= 15 is 0 Å². The van der Waals surface area contributed by atoms with Crippen LogP contribution in [-0.4, -0.2) is 21.6 Å². The molecular weight excluding hydrogens is 230 g/mol. The summed E-state index contributed by atoms with van der Waals surface area (Å²) < 4.78 is 25.5. The summed E-state index contributed by atoms with van der Waals surface area (Å²) in [7, 11) is -5.74. The maximum atomic E-state index is 11.2. The Morgan fingerprint density at radius 1 is 1.36 bits per heavy atom. The molecule has 3 unspecified atom stereocenters. The third kappa shape index (κ3) is 4.20. The molecule has 2 N–H and O–H groups in total. The summed E-state index contributed by atoms with van der Waals surface area (Å²) in [5.74, 6) is -1.31. The van der Waals surface area contributed by atoms with Gasteiger partial charge in [0, 0.05) is 9.98 Å². The Labute approximate surface area is 83.1 Å². The van der Waals surface area contributed by atoms with Crippen LogP contribution in [0.1, 0.15) is 20.8 Å². The summed E-state index contributed by atoms with van der Waals surface area (Å²) in [5.41, 5.74) is -2.10. The molecule has 0 rings (SSSR count). The van der Waals surface area contributed by atoms with E-state index in [4.69, 9.17) is 10.00 Å². The fourth-order valence-electron chi connectivity index (χ4n) is 0.893. The minimum absolute atomic E-state index is 0.801. The SMILES string of the molecule is CC(C)(C)C(C(=O)O)[P+](=O)O[P+](=O)O. The molecule has 6 nitrogen and oxygen atoms in total. The lowest BCUT2D eigenvalue weighted by atomic mass is 9.92. The van der Waals surface area contributed by atoms with E-state index in [1.165, 1.54) is 0 Å². The normalized spacial score (nSPS) is 16.0. The zero-order chi connectivity index (χ0) is 11.5. The smallest absolute Gasteiger partial charge is 0.478 e. The first-order valence-corrected chi connectivity index (χ1v) is 6.07. The summed E-state index contributed by atoms with van der Waals surface area (Å²) >= 11 is 0. The zero-order valence-corrected chi connectivity index (χ0v) is 9.79.